The van der Waals surface area contributed by atoms with E-state index in [0.717, 1.165) is 6.42 Å². The van der Waals surface area contributed by atoms with E-state index in [4.69, 9.17) is 0 Å². The molecule has 3 aliphatic rings. The highest BCUT2D eigenvalue weighted by molar-refractivity contribution is 6.07. The second-order valence-corrected chi connectivity index (χ2v) is 8.47. The summed E-state index contributed by atoms with van der Waals surface area (Å²) < 4.78 is 14.4. The Kier molecular flexibility index (Phi) is 5.19. The number of nitrogens with zero attached hydrogens (tertiary/aromatic N) is 4. The van der Waals surface area contributed by atoms with Crippen molar-refractivity contribution in [1.29, 1.82) is 0 Å². The van der Waals surface area contributed by atoms with Crippen molar-refractivity contribution in [2.45, 2.75) is 56.1 Å². The molecule has 0 aromatic carbocycles. The van der Waals surface area contributed by atoms with Crippen LogP contribution in [-0.2, 0) is 0 Å². The Morgan fingerprint density at radius 2 is 2.13 bits per heavy atom. The lowest BCUT2D eigenvalue weighted by molar-refractivity contribution is 0.0392. The fraction of sp³-hybridized carbons (Fsp3) is 0.524. The van der Waals surface area contributed by atoms with E-state index >= 15 is 0 Å². The molecular weight excluding hydrogens is 403 g/mol. The number of nitrogens with one attached hydrogen (secondary N) is 2. The lowest BCUT2D eigenvalue weighted by Gasteiger charge is -2.29. The van der Waals surface area contributed by atoms with Crippen LogP contribution in [0.1, 0.15) is 36.2 Å². The Morgan fingerprint density at radius 1 is 1.26 bits per heavy atom. The summed E-state index contributed by atoms with van der Waals surface area (Å²) in [4.78, 5) is 23.5. The fourth-order valence-corrected chi connectivity index (χ4v) is 4.89. The van der Waals surface area contributed by atoms with Crippen molar-refractivity contribution in [3.05, 3.63) is 36.3 Å². The number of rotatable bonds is 4. The topological polar surface area (TPSA) is 127 Å². The third-order valence-corrected chi connectivity index (χ3v) is 6.52. The van der Waals surface area contributed by atoms with Gasteiger partial charge in [-0.2, -0.15) is 5.10 Å². The first-order valence-electron chi connectivity index (χ1n) is 10.6. The van der Waals surface area contributed by atoms with Gasteiger partial charge in [0.1, 0.15) is 18.3 Å². The van der Waals surface area contributed by atoms with Gasteiger partial charge in [-0.3, -0.25) is 9.89 Å². The Labute approximate surface area is 178 Å². The molecule has 1 saturated carbocycles. The highest BCUT2D eigenvalue weighted by Crippen LogP contribution is 2.34. The standard InChI is InChI=1S/C21H25FN6O3/c22-12-8-14(11-4-2-1-3-5-11)28(9-12)21(31)17-16-19(23-10-24-20(16)27-26-17)25-13-6-7-15(29)18(13)30/h1-4,10-15,18,29-30H,5-9H2,(H2,23,24,25,26,27)/t11?,12-,13+,14+,15+,18-/m0/s1. The van der Waals surface area contributed by atoms with Crippen molar-refractivity contribution < 1.29 is 19.4 Å². The summed E-state index contributed by atoms with van der Waals surface area (Å²) in [6.45, 7) is 0.0237. The third kappa shape index (κ3) is 3.59. The van der Waals surface area contributed by atoms with Crippen LogP contribution in [0.2, 0.25) is 0 Å². The molecule has 4 N–H and O–H groups in total. The van der Waals surface area contributed by atoms with Gasteiger partial charge in [0, 0.05) is 18.4 Å². The number of fused-ring (bicyclic) bond motifs is 1. The van der Waals surface area contributed by atoms with E-state index in [1.54, 1.807) is 4.90 Å². The summed E-state index contributed by atoms with van der Waals surface area (Å²) in [5.74, 6) is 0.0429. The Balaban J connectivity index is 1.46. The van der Waals surface area contributed by atoms with Gasteiger partial charge in [0.25, 0.3) is 5.91 Å². The number of H-pyrrole nitrogens is 1. The molecule has 10 heteroatoms. The van der Waals surface area contributed by atoms with Crippen molar-refractivity contribution >= 4 is 22.8 Å². The van der Waals surface area contributed by atoms with Crippen LogP contribution >= 0.6 is 0 Å². The van der Waals surface area contributed by atoms with Crippen molar-refractivity contribution in [3.63, 3.8) is 0 Å². The number of aliphatic hydroxyl groups excluding tert-OH is 2. The number of hydrogen-bond acceptors (Lipinski definition) is 7. The van der Waals surface area contributed by atoms with E-state index in [9.17, 15) is 19.4 Å². The Hall–Kier alpha value is -2.85. The van der Waals surface area contributed by atoms with E-state index in [1.165, 1.54) is 6.33 Å². The second-order valence-electron chi connectivity index (χ2n) is 8.47. The Morgan fingerprint density at radius 3 is 2.87 bits per heavy atom. The van der Waals surface area contributed by atoms with Crippen LogP contribution in [0.4, 0.5) is 10.2 Å². The molecule has 3 heterocycles. The van der Waals surface area contributed by atoms with Gasteiger partial charge in [-0.15, -0.1) is 0 Å². The maximum Gasteiger partial charge on any atom is 0.275 e. The number of aromatic nitrogens is 4. The number of halogens is 1. The van der Waals surface area contributed by atoms with Gasteiger partial charge in [0.05, 0.1) is 30.2 Å². The molecule has 6 atom stereocenters. The maximum absolute atomic E-state index is 14.4. The number of aromatic amines is 1. The number of alkyl halides is 1. The molecule has 2 aliphatic carbocycles. The lowest BCUT2D eigenvalue weighted by Crippen LogP contribution is -2.40. The molecule has 2 aromatic heterocycles. The average Bonchev–Trinajstić information content (AvgIpc) is 3.48. The summed E-state index contributed by atoms with van der Waals surface area (Å²) in [6.07, 6.45) is 8.55. The SMILES string of the molecule is O=C(c1n[nH]c2ncnc(N[C@@H]3CC[C@@H](O)[C@H]3O)c12)N1C[C@@H](F)C[C@@H]1C1C=CC=CC1. The van der Waals surface area contributed by atoms with Crippen LogP contribution in [0, 0.1) is 5.92 Å². The first kappa shape index (κ1) is 20.1. The number of aliphatic hydroxyl groups is 2. The summed E-state index contributed by atoms with van der Waals surface area (Å²) in [6, 6.07) is -0.650. The molecule has 9 nitrogen and oxygen atoms in total. The van der Waals surface area contributed by atoms with Crippen LogP contribution in [0.25, 0.3) is 11.0 Å². The highest BCUT2D eigenvalue weighted by Gasteiger charge is 2.41. The number of carbonyl (C=O) groups excluding carboxylic acids is 1. The van der Waals surface area contributed by atoms with Gasteiger partial charge in [-0.1, -0.05) is 24.3 Å². The first-order valence-corrected chi connectivity index (χ1v) is 10.6. The largest absolute Gasteiger partial charge is 0.390 e. The maximum atomic E-state index is 14.4. The molecule has 1 aliphatic heterocycles. The first-order chi connectivity index (χ1) is 15.0. The number of likely N-dealkylation sites (tertiary alicyclic amines) is 1. The molecule has 0 bridgehead atoms. The summed E-state index contributed by atoms with van der Waals surface area (Å²) >= 11 is 0. The number of hydrogen-bond donors (Lipinski definition) is 4. The molecule has 2 fully saturated rings. The van der Waals surface area contributed by atoms with Crippen LogP contribution in [0.5, 0.6) is 0 Å². The molecule has 2 aromatic rings. The van der Waals surface area contributed by atoms with Crippen molar-refractivity contribution in [3.8, 4) is 0 Å². The fourth-order valence-electron chi connectivity index (χ4n) is 4.89. The van der Waals surface area contributed by atoms with Crippen LogP contribution in [0.3, 0.4) is 0 Å². The highest BCUT2D eigenvalue weighted by atomic mass is 19.1. The molecule has 5 rings (SSSR count). The van der Waals surface area contributed by atoms with Gasteiger partial charge < -0.3 is 20.4 Å². The van der Waals surface area contributed by atoms with Gasteiger partial charge in [0.2, 0.25) is 0 Å². The summed E-state index contributed by atoms with van der Waals surface area (Å²) in [5.41, 5.74) is 0.502. The summed E-state index contributed by atoms with van der Waals surface area (Å²) in [5, 5.41) is 30.5. The number of allylic oxidation sites excluding steroid dienone is 3. The monoisotopic (exact) mass is 428 g/mol. The van der Waals surface area contributed by atoms with Gasteiger partial charge in [0.15, 0.2) is 11.3 Å². The normalized spacial score (nSPS) is 32.8. The van der Waals surface area contributed by atoms with E-state index in [0.29, 0.717) is 36.1 Å². The smallest absolute Gasteiger partial charge is 0.275 e. The van der Waals surface area contributed by atoms with Crippen molar-refractivity contribution in [2.75, 3.05) is 11.9 Å². The van der Waals surface area contributed by atoms with E-state index < -0.39 is 24.4 Å². The van der Waals surface area contributed by atoms with E-state index in [-0.39, 0.29) is 30.1 Å². The van der Waals surface area contributed by atoms with Crippen LogP contribution in [0.15, 0.2) is 30.6 Å². The van der Waals surface area contributed by atoms with E-state index in [2.05, 4.69) is 25.5 Å². The predicted molar refractivity (Wildman–Crippen MR) is 111 cm³/mol. The third-order valence-electron chi connectivity index (χ3n) is 6.52. The molecule has 0 radical (unpaired) electrons. The minimum Gasteiger partial charge on any atom is -0.390 e. The number of carbonyl (C=O) groups is 1. The van der Waals surface area contributed by atoms with Crippen molar-refractivity contribution in [2.24, 2.45) is 5.92 Å². The molecule has 1 amide bonds. The van der Waals surface area contributed by atoms with Gasteiger partial charge in [-0.25, -0.2) is 14.4 Å². The zero-order valence-corrected chi connectivity index (χ0v) is 16.9. The molecule has 164 valence electrons. The zero-order chi connectivity index (χ0) is 21.5. The minimum atomic E-state index is -1.08. The predicted octanol–water partition coefficient (Wildman–Crippen LogP) is 1.33. The second kappa shape index (κ2) is 8.01. The number of anilines is 1. The van der Waals surface area contributed by atoms with Crippen molar-refractivity contribution in [1.82, 2.24) is 25.1 Å². The molecule has 1 unspecified atom stereocenters. The molecule has 31 heavy (non-hydrogen) atoms. The average molecular weight is 428 g/mol. The molecule has 0 spiro atoms. The number of amides is 1. The summed E-state index contributed by atoms with van der Waals surface area (Å²) in [7, 11) is 0. The zero-order valence-electron chi connectivity index (χ0n) is 16.9. The van der Waals surface area contributed by atoms with Gasteiger partial charge in [-0.05, 0) is 19.3 Å². The molecule has 1 saturated heterocycles. The molecular formula is C21H25FN6O3. The van der Waals surface area contributed by atoms with E-state index in [1.807, 2.05) is 24.3 Å². The minimum absolute atomic E-state index is 0.0237. The van der Waals surface area contributed by atoms with Gasteiger partial charge >= 0.3 is 0 Å². The Bertz CT molecular complexity index is 1040. The van der Waals surface area contributed by atoms with Crippen LogP contribution in [-0.4, -0.2) is 78.2 Å². The quantitative estimate of drug-likeness (QED) is 0.579. The van der Waals surface area contributed by atoms with Crippen LogP contribution < -0.4 is 5.32 Å². The lowest BCUT2D eigenvalue weighted by atomic mass is 9.90.